The molecule has 0 spiro atoms. The second kappa shape index (κ2) is 15.1. The van der Waals surface area contributed by atoms with Crippen LogP contribution in [0.5, 0.6) is 0 Å². The number of amides is 4. The molecular weight excluding hydrogens is 714 g/mol. The molecule has 1 aliphatic heterocycles. The number of aromatic nitrogens is 1. The lowest BCUT2D eigenvalue weighted by atomic mass is 10.1. The van der Waals surface area contributed by atoms with E-state index in [1.807, 2.05) is 0 Å². The largest absolute Gasteiger partial charge is 0.480 e. The monoisotopic (exact) mass is 740 g/mol. The Hall–Kier alpha value is -3.55. The van der Waals surface area contributed by atoms with E-state index in [-0.39, 0.29) is 55.1 Å². The third-order valence-electron chi connectivity index (χ3n) is 6.67. The van der Waals surface area contributed by atoms with Crippen molar-refractivity contribution in [1.82, 2.24) is 15.2 Å². The minimum absolute atomic E-state index is 0.0203. The van der Waals surface area contributed by atoms with Gasteiger partial charge in [0.15, 0.2) is 0 Å². The number of hydrogen-bond acceptors (Lipinski definition) is 8. The molecule has 4 rings (SSSR count). The van der Waals surface area contributed by atoms with Gasteiger partial charge in [-0.1, -0.05) is 64.6 Å². The van der Waals surface area contributed by atoms with Crippen molar-refractivity contribution in [2.24, 2.45) is 0 Å². The number of nitrogens with one attached hydrogen (secondary N) is 1. The number of thioether (sulfide) groups is 1. The molecule has 2 heterocycles. The molecule has 2 N–H and O–H groups in total. The van der Waals surface area contributed by atoms with Crippen molar-refractivity contribution in [3.05, 3.63) is 91.5 Å². The van der Waals surface area contributed by atoms with Crippen LogP contribution in [0.2, 0.25) is 20.1 Å². The number of pyridine rings is 1. The standard InChI is InChI=1S/C31H28Cl4N4O7S/c1-31(2,3)46-30(45)38-15-47-14-22(38)26(40)37-21(29(43)44)12-16-10-11-23(36-13-16)39(27(41)24-17(32)6-4-7-18(24)33)28(42)25-19(34)8-5-9-20(25)35/h4-11,13,21-22H,12,14-15H2,1-3H3,(H,37,40)(H,43,44). The maximum Gasteiger partial charge on any atom is 0.411 e. The zero-order chi connectivity index (χ0) is 34.6. The highest BCUT2D eigenvalue weighted by Gasteiger charge is 2.39. The summed E-state index contributed by atoms with van der Waals surface area (Å²) in [6.45, 7) is 5.10. The van der Waals surface area contributed by atoms with Gasteiger partial charge in [-0.15, -0.1) is 11.8 Å². The molecule has 16 heteroatoms. The summed E-state index contributed by atoms with van der Waals surface area (Å²) in [5.41, 5.74) is -0.773. The van der Waals surface area contributed by atoms with Gasteiger partial charge in [-0.2, -0.15) is 0 Å². The Morgan fingerprint density at radius 3 is 1.94 bits per heavy atom. The van der Waals surface area contributed by atoms with E-state index in [0.717, 1.165) is 0 Å². The van der Waals surface area contributed by atoms with Gasteiger partial charge in [0.25, 0.3) is 11.8 Å². The van der Waals surface area contributed by atoms with E-state index in [1.54, 1.807) is 20.8 Å². The van der Waals surface area contributed by atoms with Crippen LogP contribution in [0.1, 0.15) is 47.1 Å². The minimum Gasteiger partial charge on any atom is -0.480 e. The molecule has 1 aliphatic rings. The van der Waals surface area contributed by atoms with Crippen LogP contribution in [0, 0.1) is 0 Å². The molecule has 11 nitrogen and oxygen atoms in total. The molecule has 4 amide bonds. The third-order valence-corrected chi connectivity index (χ3v) is 8.94. The number of benzene rings is 2. The van der Waals surface area contributed by atoms with Gasteiger partial charge in [-0.25, -0.2) is 19.5 Å². The Morgan fingerprint density at radius 1 is 0.957 bits per heavy atom. The molecule has 3 aromatic rings. The predicted octanol–water partition coefficient (Wildman–Crippen LogP) is 6.60. The van der Waals surface area contributed by atoms with Gasteiger partial charge < -0.3 is 15.2 Å². The van der Waals surface area contributed by atoms with Crippen LogP contribution in [0.4, 0.5) is 10.6 Å². The Kier molecular flexibility index (Phi) is 11.7. The van der Waals surface area contributed by atoms with Gasteiger partial charge >= 0.3 is 12.1 Å². The molecule has 2 atom stereocenters. The zero-order valence-corrected chi connectivity index (χ0v) is 29.0. The summed E-state index contributed by atoms with van der Waals surface area (Å²) in [6, 6.07) is 9.21. The lowest BCUT2D eigenvalue weighted by Crippen LogP contribution is -2.53. The Labute approximate surface area is 294 Å². The van der Waals surface area contributed by atoms with Crippen molar-refractivity contribution in [2.75, 3.05) is 16.5 Å². The summed E-state index contributed by atoms with van der Waals surface area (Å²) in [5.74, 6) is -3.51. The van der Waals surface area contributed by atoms with E-state index in [0.29, 0.717) is 10.5 Å². The van der Waals surface area contributed by atoms with Gasteiger partial charge in [0.1, 0.15) is 23.5 Å². The summed E-state index contributed by atoms with van der Waals surface area (Å²) in [6.07, 6.45) is 0.361. The maximum absolute atomic E-state index is 13.8. The van der Waals surface area contributed by atoms with Gasteiger partial charge in [0.2, 0.25) is 5.91 Å². The number of rotatable bonds is 8. The van der Waals surface area contributed by atoms with Crippen molar-refractivity contribution in [1.29, 1.82) is 0 Å². The van der Waals surface area contributed by atoms with Crippen molar-refractivity contribution in [3.63, 3.8) is 0 Å². The van der Waals surface area contributed by atoms with Crippen LogP contribution in [0.25, 0.3) is 0 Å². The van der Waals surface area contributed by atoms with Crippen LogP contribution in [-0.4, -0.2) is 74.1 Å². The molecule has 0 aliphatic carbocycles. The first-order valence-electron chi connectivity index (χ1n) is 13.9. The van der Waals surface area contributed by atoms with E-state index >= 15 is 0 Å². The second-order valence-electron chi connectivity index (χ2n) is 11.2. The second-order valence-corrected chi connectivity index (χ2v) is 13.9. The normalized spacial score (nSPS) is 15.1. The zero-order valence-electron chi connectivity index (χ0n) is 25.1. The molecule has 0 saturated carbocycles. The van der Waals surface area contributed by atoms with E-state index in [4.69, 9.17) is 51.1 Å². The number of halogens is 4. The van der Waals surface area contributed by atoms with Crippen molar-refractivity contribution in [3.8, 4) is 0 Å². The summed E-state index contributed by atoms with van der Waals surface area (Å²) >= 11 is 26.5. The fourth-order valence-electron chi connectivity index (χ4n) is 4.46. The lowest BCUT2D eigenvalue weighted by molar-refractivity contribution is -0.142. The minimum atomic E-state index is -1.40. The van der Waals surface area contributed by atoms with Crippen LogP contribution >= 0.6 is 58.2 Å². The Balaban J connectivity index is 1.60. The Bertz CT molecular complexity index is 1610. The first-order valence-corrected chi connectivity index (χ1v) is 16.6. The molecule has 1 fully saturated rings. The number of imide groups is 1. The van der Waals surface area contributed by atoms with Crippen molar-refractivity contribution < 1.29 is 33.8 Å². The average Bonchev–Trinajstić information content (AvgIpc) is 3.47. The van der Waals surface area contributed by atoms with E-state index in [9.17, 15) is 29.1 Å². The molecule has 47 heavy (non-hydrogen) atoms. The molecule has 0 radical (unpaired) electrons. The fraction of sp³-hybridized carbons (Fsp3) is 0.290. The van der Waals surface area contributed by atoms with Crippen LogP contribution < -0.4 is 10.2 Å². The van der Waals surface area contributed by atoms with E-state index in [1.165, 1.54) is 71.4 Å². The number of carbonyl (C=O) groups excluding carboxylic acids is 4. The highest BCUT2D eigenvalue weighted by atomic mass is 35.5. The van der Waals surface area contributed by atoms with Gasteiger partial charge in [0, 0.05) is 18.4 Å². The Morgan fingerprint density at radius 2 is 1.49 bits per heavy atom. The summed E-state index contributed by atoms with van der Waals surface area (Å²) in [5, 5.41) is 12.3. The SMILES string of the molecule is CC(C)(C)OC(=O)N1CSCC1C(=O)NC(Cc1ccc(N(C(=O)c2c(Cl)cccc2Cl)C(=O)c2c(Cl)cccc2Cl)nc1)C(=O)O. The molecular formula is C31H28Cl4N4O7S. The van der Waals surface area contributed by atoms with Crippen LogP contribution in [0.15, 0.2) is 54.7 Å². The van der Waals surface area contributed by atoms with Gasteiger partial charge in [0.05, 0.1) is 37.1 Å². The molecule has 2 unspecified atom stereocenters. The highest BCUT2D eigenvalue weighted by molar-refractivity contribution is 7.99. The number of carbonyl (C=O) groups is 5. The number of aliphatic carboxylic acids is 1. The number of ether oxygens (including phenoxy) is 1. The topological polar surface area (TPSA) is 146 Å². The highest BCUT2D eigenvalue weighted by Crippen LogP contribution is 2.32. The third kappa shape index (κ3) is 8.68. The molecule has 1 aromatic heterocycles. The van der Waals surface area contributed by atoms with E-state index < -0.39 is 47.5 Å². The average molecular weight is 742 g/mol. The van der Waals surface area contributed by atoms with Crippen molar-refractivity contribution >= 4 is 93.8 Å². The van der Waals surface area contributed by atoms with E-state index in [2.05, 4.69) is 10.3 Å². The summed E-state index contributed by atoms with van der Waals surface area (Å²) in [7, 11) is 0. The first kappa shape index (κ1) is 36.3. The van der Waals surface area contributed by atoms with Crippen LogP contribution in [0.3, 0.4) is 0 Å². The molecule has 1 saturated heterocycles. The number of hydrogen-bond donors (Lipinski definition) is 2. The summed E-state index contributed by atoms with van der Waals surface area (Å²) < 4.78 is 5.38. The van der Waals surface area contributed by atoms with Crippen LogP contribution in [-0.2, 0) is 20.7 Å². The fourth-order valence-corrected chi connectivity index (χ4v) is 6.72. The predicted molar refractivity (Wildman–Crippen MR) is 181 cm³/mol. The maximum atomic E-state index is 13.8. The van der Waals surface area contributed by atoms with Gasteiger partial charge in [-0.3, -0.25) is 19.3 Å². The van der Waals surface area contributed by atoms with Crippen molar-refractivity contribution in [2.45, 2.75) is 44.9 Å². The number of carboxylic acid groups (broad SMARTS) is 1. The number of carboxylic acids is 1. The quantitative estimate of drug-likeness (QED) is 0.244. The lowest BCUT2D eigenvalue weighted by Gasteiger charge is -2.28. The molecule has 0 bridgehead atoms. The first-order chi connectivity index (χ1) is 22.1. The molecule has 2 aromatic carbocycles. The molecule has 248 valence electrons. The number of anilines is 1. The number of nitrogens with zero attached hydrogens (tertiary/aromatic N) is 3. The smallest absolute Gasteiger partial charge is 0.411 e. The summed E-state index contributed by atoms with van der Waals surface area (Å²) in [4.78, 5) is 71.8. The van der Waals surface area contributed by atoms with Gasteiger partial charge in [-0.05, 0) is 56.7 Å².